The van der Waals surface area contributed by atoms with Crippen LogP contribution in [0.15, 0.2) is 0 Å². The van der Waals surface area contributed by atoms with Crippen molar-refractivity contribution in [2.45, 2.75) is 68.1 Å². The summed E-state index contributed by atoms with van der Waals surface area (Å²) < 4.78 is 16.1. The van der Waals surface area contributed by atoms with Gasteiger partial charge in [0.15, 0.2) is 6.29 Å². The quantitative estimate of drug-likeness (QED) is 0.265. The number of hydrogen-bond acceptors (Lipinski definition) is 10. The summed E-state index contributed by atoms with van der Waals surface area (Å²) in [5, 5.41) is 58.0. The van der Waals surface area contributed by atoms with E-state index in [1.54, 1.807) is 6.92 Å². The molecule has 2 rings (SSSR count). The summed E-state index contributed by atoms with van der Waals surface area (Å²) >= 11 is 0. The predicted octanol–water partition coefficient (Wildman–Crippen LogP) is -4.36. The third kappa shape index (κ3) is 3.66. The zero-order valence-electron chi connectivity index (χ0n) is 12.7. The molecule has 8 N–H and O–H groups in total. The maximum Gasteiger partial charge on any atom is 0.187 e. The number of aliphatic hydroxyl groups is 6. The third-order valence-corrected chi connectivity index (χ3v) is 4.35. The maximum atomic E-state index is 10.2. The van der Waals surface area contributed by atoms with Crippen molar-refractivity contribution >= 4 is 0 Å². The summed E-state index contributed by atoms with van der Waals surface area (Å²) in [7, 11) is 0. The molecule has 0 amide bonds. The molecule has 10 atom stereocenters. The molecule has 2 aliphatic rings. The van der Waals surface area contributed by atoms with Gasteiger partial charge in [0.05, 0.1) is 25.4 Å². The molecule has 2 fully saturated rings. The van der Waals surface area contributed by atoms with Crippen molar-refractivity contribution in [1.82, 2.24) is 0 Å². The molecule has 5 unspecified atom stereocenters. The smallest absolute Gasteiger partial charge is 0.187 e. The molecule has 10 nitrogen and oxygen atoms in total. The molecule has 0 aliphatic carbocycles. The number of nitrogens with two attached hydrogens (primary N) is 1. The van der Waals surface area contributed by atoms with Crippen LogP contribution < -0.4 is 5.73 Å². The number of rotatable bonds is 4. The molecule has 23 heavy (non-hydrogen) atoms. The molecule has 2 heterocycles. The second-order valence-corrected chi connectivity index (χ2v) is 5.93. The standard InChI is InChI=1S/C13H25NO9/c1-4-7(14)12(9(18)6(3-16)21-4)23-13-11(20)10(19)8(17)5(2-15)22-13/h4-13,15-20H,2-3,14H2,1H3/t4?,5?,6?,7?,8-,9+,10-,11?,12+,13-/m0/s1. The summed E-state index contributed by atoms with van der Waals surface area (Å²) in [6, 6.07) is -0.778. The average Bonchev–Trinajstić information content (AvgIpc) is 2.54. The Kier molecular flexibility index (Phi) is 6.30. The van der Waals surface area contributed by atoms with Crippen molar-refractivity contribution in [2.75, 3.05) is 13.2 Å². The average molecular weight is 339 g/mol. The molecule has 0 aromatic carbocycles. The second kappa shape index (κ2) is 7.66. The zero-order chi connectivity index (χ0) is 17.3. The van der Waals surface area contributed by atoms with Crippen LogP contribution in [0, 0.1) is 0 Å². The highest BCUT2D eigenvalue weighted by Gasteiger charge is 2.49. The summed E-state index contributed by atoms with van der Waals surface area (Å²) in [6.07, 6.45) is -11.0. The van der Waals surface area contributed by atoms with Gasteiger partial charge in [-0.3, -0.25) is 0 Å². The van der Waals surface area contributed by atoms with Gasteiger partial charge in [-0.1, -0.05) is 0 Å². The summed E-state index contributed by atoms with van der Waals surface area (Å²) in [6.45, 7) is 0.596. The first-order valence-electron chi connectivity index (χ1n) is 7.47. The first-order valence-corrected chi connectivity index (χ1v) is 7.47. The van der Waals surface area contributed by atoms with E-state index in [9.17, 15) is 25.5 Å². The topological polar surface area (TPSA) is 175 Å². The minimum atomic E-state index is -1.60. The van der Waals surface area contributed by atoms with Crippen LogP contribution in [-0.2, 0) is 14.2 Å². The van der Waals surface area contributed by atoms with Gasteiger partial charge < -0.3 is 50.6 Å². The Morgan fingerprint density at radius 1 is 0.870 bits per heavy atom. The van der Waals surface area contributed by atoms with E-state index in [0.717, 1.165) is 0 Å². The highest BCUT2D eigenvalue weighted by molar-refractivity contribution is 4.96. The van der Waals surface area contributed by atoms with Crippen LogP contribution in [0.3, 0.4) is 0 Å². The Morgan fingerprint density at radius 3 is 2.00 bits per heavy atom. The van der Waals surface area contributed by atoms with Gasteiger partial charge in [-0.25, -0.2) is 0 Å². The van der Waals surface area contributed by atoms with E-state index in [2.05, 4.69) is 0 Å². The van der Waals surface area contributed by atoms with Crippen LogP contribution in [0.5, 0.6) is 0 Å². The minimum Gasteiger partial charge on any atom is -0.394 e. The molecule has 0 bridgehead atoms. The van der Waals surface area contributed by atoms with E-state index in [1.165, 1.54) is 0 Å². The molecule has 0 spiro atoms. The van der Waals surface area contributed by atoms with E-state index >= 15 is 0 Å². The monoisotopic (exact) mass is 339 g/mol. The number of ether oxygens (including phenoxy) is 3. The van der Waals surface area contributed by atoms with Gasteiger partial charge in [0.2, 0.25) is 0 Å². The molecule has 10 heteroatoms. The molecular weight excluding hydrogens is 314 g/mol. The summed E-state index contributed by atoms with van der Waals surface area (Å²) in [5.41, 5.74) is 5.93. The molecule has 0 aromatic rings. The maximum absolute atomic E-state index is 10.2. The minimum absolute atomic E-state index is 0.452. The Hall–Kier alpha value is -0.400. The number of hydrogen-bond donors (Lipinski definition) is 7. The van der Waals surface area contributed by atoms with Gasteiger partial charge in [-0.15, -0.1) is 0 Å². The van der Waals surface area contributed by atoms with Crippen molar-refractivity contribution in [2.24, 2.45) is 5.73 Å². The van der Waals surface area contributed by atoms with Crippen LogP contribution in [0.1, 0.15) is 6.92 Å². The normalized spacial score (nSPS) is 51.7. The van der Waals surface area contributed by atoms with Gasteiger partial charge in [-0.2, -0.15) is 0 Å². The fourth-order valence-corrected chi connectivity index (χ4v) is 2.81. The molecule has 0 saturated carbocycles. The van der Waals surface area contributed by atoms with Crippen LogP contribution in [0.4, 0.5) is 0 Å². The largest absolute Gasteiger partial charge is 0.394 e. The van der Waals surface area contributed by atoms with Crippen LogP contribution in [0.2, 0.25) is 0 Å². The molecule has 0 radical (unpaired) electrons. The van der Waals surface area contributed by atoms with Crippen molar-refractivity contribution in [3.63, 3.8) is 0 Å². The third-order valence-electron chi connectivity index (χ3n) is 4.35. The SMILES string of the molecule is CC1OC(CO)[C@@H](O)[C@H](O[C@@H]2OC(CO)[C@H](O)[C@H](O)C2O)C1N. The van der Waals surface area contributed by atoms with Gasteiger partial charge in [0.25, 0.3) is 0 Å². The van der Waals surface area contributed by atoms with Crippen LogP contribution in [-0.4, -0.2) is 105 Å². The first-order chi connectivity index (χ1) is 10.8. The fourth-order valence-electron chi connectivity index (χ4n) is 2.81. The van der Waals surface area contributed by atoms with Crippen molar-refractivity contribution in [1.29, 1.82) is 0 Å². The Morgan fingerprint density at radius 2 is 1.43 bits per heavy atom. The Balaban J connectivity index is 2.11. The van der Waals surface area contributed by atoms with Crippen molar-refractivity contribution < 1.29 is 44.8 Å². The lowest BCUT2D eigenvalue weighted by molar-refractivity contribution is -0.330. The Bertz CT molecular complexity index is 384. The molecular formula is C13H25NO9. The lowest BCUT2D eigenvalue weighted by Gasteiger charge is -2.46. The molecule has 2 aliphatic heterocycles. The molecule has 2 saturated heterocycles. The van der Waals surface area contributed by atoms with Gasteiger partial charge in [-0.05, 0) is 6.92 Å². The van der Waals surface area contributed by atoms with Gasteiger partial charge in [0, 0.05) is 0 Å². The van der Waals surface area contributed by atoms with Crippen molar-refractivity contribution in [3.8, 4) is 0 Å². The van der Waals surface area contributed by atoms with Gasteiger partial charge in [0.1, 0.15) is 42.7 Å². The zero-order valence-corrected chi connectivity index (χ0v) is 12.7. The van der Waals surface area contributed by atoms with Crippen LogP contribution in [0.25, 0.3) is 0 Å². The highest BCUT2D eigenvalue weighted by Crippen LogP contribution is 2.28. The molecule has 136 valence electrons. The predicted molar refractivity (Wildman–Crippen MR) is 74.0 cm³/mol. The first kappa shape index (κ1) is 18.9. The summed E-state index contributed by atoms with van der Waals surface area (Å²) in [4.78, 5) is 0. The van der Waals surface area contributed by atoms with Crippen LogP contribution >= 0.6 is 0 Å². The fraction of sp³-hybridized carbons (Fsp3) is 1.00. The highest BCUT2D eigenvalue weighted by atomic mass is 16.7. The molecule has 0 aromatic heterocycles. The summed E-state index contributed by atoms with van der Waals surface area (Å²) in [5.74, 6) is 0. The second-order valence-electron chi connectivity index (χ2n) is 5.93. The van der Waals surface area contributed by atoms with E-state index in [-0.39, 0.29) is 0 Å². The van der Waals surface area contributed by atoms with Crippen molar-refractivity contribution in [3.05, 3.63) is 0 Å². The lowest BCUT2D eigenvalue weighted by atomic mass is 9.93. The lowest BCUT2D eigenvalue weighted by Crippen LogP contribution is -2.65. The number of aliphatic hydroxyl groups excluding tert-OH is 6. The van der Waals surface area contributed by atoms with E-state index in [4.69, 9.17) is 25.1 Å². The van der Waals surface area contributed by atoms with Gasteiger partial charge >= 0.3 is 0 Å². The van der Waals surface area contributed by atoms with E-state index in [0.29, 0.717) is 0 Å². The van der Waals surface area contributed by atoms with E-state index in [1.807, 2.05) is 0 Å². The Labute approximate surface area is 133 Å². The van der Waals surface area contributed by atoms with E-state index < -0.39 is 74.4 Å².